The number of carbonyl (C=O) groups excluding carboxylic acids is 1. The number of nitrogens with one attached hydrogen (secondary N) is 2. The largest absolute Gasteiger partial charge is 0.465 e. The smallest absolute Gasteiger partial charge is 0.404 e. The summed E-state index contributed by atoms with van der Waals surface area (Å²) in [4.78, 5) is 22.6. The Kier molecular flexibility index (Phi) is 6.25. The van der Waals surface area contributed by atoms with Gasteiger partial charge in [-0.2, -0.15) is 0 Å². The lowest BCUT2D eigenvalue weighted by Gasteiger charge is -2.20. The average Bonchev–Trinajstić information content (AvgIpc) is 2.52. The second-order valence-corrected chi connectivity index (χ2v) is 5.86. The summed E-state index contributed by atoms with van der Waals surface area (Å²) in [6, 6.07) is 7.80. The van der Waals surface area contributed by atoms with Crippen LogP contribution in [0.5, 0.6) is 0 Å². The summed E-state index contributed by atoms with van der Waals surface area (Å²) in [5, 5.41) is 13.9. The Morgan fingerprint density at radius 1 is 1.18 bits per heavy atom. The molecule has 1 aliphatic carbocycles. The summed E-state index contributed by atoms with van der Waals surface area (Å²) in [6.45, 7) is 0.438. The van der Waals surface area contributed by atoms with E-state index in [1.165, 1.54) is 6.42 Å². The lowest BCUT2D eigenvalue weighted by atomic mass is 9.88. The zero-order chi connectivity index (χ0) is 15.8. The minimum atomic E-state index is -0.992. The molecule has 0 radical (unpaired) electrons. The molecule has 120 valence electrons. The summed E-state index contributed by atoms with van der Waals surface area (Å²) in [7, 11) is 0. The maximum atomic E-state index is 12.2. The third kappa shape index (κ3) is 5.39. The molecule has 2 amide bonds. The van der Waals surface area contributed by atoms with Crippen LogP contribution >= 0.6 is 0 Å². The highest BCUT2D eigenvalue weighted by Crippen LogP contribution is 2.25. The van der Waals surface area contributed by atoms with Gasteiger partial charge in [0, 0.05) is 18.2 Å². The van der Waals surface area contributed by atoms with Crippen molar-refractivity contribution in [3.63, 3.8) is 0 Å². The van der Waals surface area contributed by atoms with E-state index in [1.54, 1.807) is 0 Å². The highest BCUT2D eigenvalue weighted by molar-refractivity contribution is 5.92. The lowest BCUT2D eigenvalue weighted by Crippen LogP contribution is -2.24. The van der Waals surface area contributed by atoms with Gasteiger partial charge in [0.25, 0.3) is 0 Å². The van der Waals surface area contributed by atoms with Crippen LogP contribution in [0.25, 0.3) is 0 Å². The van der Waals surface area contributed by atoms with Gasteiger partial charge in [0.2, 0.25) is 5.91 Å². The minimum Gasteiger partial charge on any atom is -0.465 e. The Balaban J connectivity index is 1.82. The number of hydrogen-bond acceptors (Lipinski definition) is 2. The SMILES string of the molecule is O=C(O)NCCCc1cccc(NC(=O)C2CCCCC2)c1. The van der Waals surface area contributed by atoms with Crippen LogP contribution < -0.4 is 10.6 Å². The summed E-state index contributed by atoms with van der Waals surface area (Å²) in [6.07, 6.45) is 6.06. The van der Waals surface area contributed by atoms with Crippen molar-refractivity contribution in [2.45, 2.75) is 44.9 Å². The number of amides is 2. The molecule has 1 aromatic rings. The van der Waals surface area contributed by atoms with Crippen molar-refractivity contribution in [2.75, 3.05) is 11.9 Å². The van der Waals surface area contributed by atoms with E-state index in [0.717, 1.165) is 49.8 Å². The van der Waals surface area contributed by atoms with Crippen LogP contribution in [0.2, 0.25) is 0 Å². The van der Waals surface area contributed by atoms with E-state index >= 15 is 0 Å². The first-order valence-corrected chi connectivity index (χ1v) is 8.02. The summed E-state index contributed by atoms with van der Waals surface area (Å²) in [5.41, 5.74) is 1.94. The van der Waals surface area contributed by atoms with Crippen LogP contribution in [0.15, 0.2) is 24.3 Å². The third-order valence-corrected chi connectivity index (χ3v) is 4.09. The summed E-state index contributed by atoms with van der Waals surface area (Å²) < 4.78 is 0. The fourth-order valence-electron chi connectivity index (χ4n) is 2.90. The molecular formula is C17H24N2O3. The van der Waals surface area contributed by atoms with Gasteiger partial charge in [0.1, 0.15) is 0 Å². The first kappa shape index (κ1) is 16.3. The van der Waals surface area contributed by atoms with Crippen molar-refractivity contribution < 1.29 is 14.7 Å². The van der Waals surface area contributed by atoms with E-state index in [9.17, 15) is 9.59 Å². The highest BCUT2D eigenvalue weighted by Gasteiger charge is 2.20. The van der Waals surface area contributed by atoms with Crippen molar-refractivity contribution in [3.8, 4) is 0 Å². The van der Waals surface area contributed by atoms with Crippen molar-refractivity contribution in [1.29, 1.82) is 0 Å². The molecule has 1 aliphatic rings. The maximum Gasteiger partial charge on any atom is 0.404 e. The topological polar surface area (TPSA) is 78.4 Å². The zero-order valence-electron chi connectivity index (χ0n) is 12.8. The van der Waals surface area contributed by atoms with Gasteiger partial charge < -0.3 is 15.7 Å². The van der Waals surface area contributed by atoms with Crippen molar-refractivity contribution in [2.24, 2.45) is 5.92 Å². The second-order valence-electron chi connectivity index (χ2n) is 5.86. The van der Waals surface area contributed by atoms with Gasteiger partial charge in [-0.15, -0.1) is 0 Å². The molecule has 0 saturated heterocycles. The van der Waals surface area contributed by atoms with E-state index in [0.29, 0.717) is 6.54 Å². The number of carbonyl (C=O) groups is 2. The van der Waals surface area contributed by atoms with E-state index < -0.39 is 6.09 Å². The molecule has 1 aromatic carbocycles. The van der Waals surface area contributed by atoms with Crippen LogP contribution in [-0.4, -0.2) is 23.7 Å². The van der Waals surface area contributed by atoms with E-state index in [4.69, 9.17) is 5.11 Å². The number of anilines is 1. The first-order chi connectivity index (χ1) is 10.6. The molecular weight excluding hydrogens is 280 g/mol. The van der Waals surface area contributed by atoms with Crippen LogP contribution in [0.1, 0.15) is 44.1 Å². The van der Waals surface area contributed by atoms with Gasteiger partial charge in [-0.05, 0) is 43.4 Å². The Morgan fingerprint density at radius 3 is 2.68 bits per heavy atom. The Bertz CT molecular complexity index is 510. The average molecular weight is 304 g/mol. The van der Waals surface area contributed by atoms with Gasteiger partial charge in [-0.1, -0.05) is 31.4 Å². The van der Waals surface area contributed by atoms with E-state index in [2.05, 4.69) is 10.6 Å². The molecule has 3 N–H and O–H groups in total. The van der Waals surface area contributed by atoms with E-state index in [1.807, 2.05) is 24.3 Å². The number of benzene rings is 1. The van der Waals surface area contributed by atoms with Gasteiger partial charge >= 0.3 is 6.09 Å². The first-order valence-electron chi connectivity index (χ1n) is 8.02. The fourth-order valence-corrected chi connectivity index (χ4v) is 2.90. The minimum absolute atomic E-state index is 0.129. The molecule has 0 aromatic heterocycles. The molecule has 0 heterocycles. The Morgan fingerprint density at radius 2 is 1.95 bits per heavy atom. The Hall–Kier alpha value is -2.04. The number of aryl methyl sites for hydroxylation is 1. The lowest BCUT2D eigenvalue weighted by molar-refractivity contribution is -0.120. The van der Waals surface area contributed by atoms with Crippen LogP contribution in [0, 0.1) is 5.92 Å². The second kappa shape index (κ2) is 8.41. The monoisotopic (exact) mass is 304 g/mol. The molecule has 0 unspecified atom stereocenters. The molecule has 5 heteroatoms. The molecule has 1 fully saturated rings. The van der Waals surface area contributed by atoms with Crippen molar-refractivity contribution >= 4 is 17.7 Å². The highest BCUT2D eigenvalue weighted by atomic mass is 16.4. The summed E-state index contributed by atoms with van der Waals surface area (Å²) in [5.74, 6) is 0.279. The fraction of sp³-hybridized carbons (Fsp3) is 0.529. The molecule has 0 bridgehead atoms. The standard InChI is InChI=1S/C17H24N2O3/c20-16(14-8-2-1-3-9-14)19-15-10-4-6-13(12-15)7-5-11-18-17(21)22/h4,6,10,12,14,18H,1-3,5,7-9,11H2,(H,19,20)(H,21,22). The molecule has 2 rings (SSSR count). The predicted molar refractivity (Wildman–Crippen MR) is 86.0 cm³/mol. The molecule has 22 heavy (non-hydrogen) atoms. The van der Waals surface area contributed by atoms with Gasteiger partial charge in [0.05, 0.1) is 0 Å². The molecule has 0 spiro atoms. The summed E-state index contributed by atoms with van der Waals surface area (Å²) >= 11 is 0. The zero-order valence-corrected chi connectivity index (χ0v) is 12.8. The van der Waals surface area contributed by atoms with Crippen molar-refractivity contribution in [3.05, 3.63) is 29.8 Å². The van der Waals surface area contributed by atoms with Gasteiger partial charge in [-0.3, -0.25) is 4.79 Å². The molecule has 0 atom stereocenters. The molecule has 1 saturated carbocycles. The Labute approximate surface area is 131 Å². The normalized spacial score (nSPS) is 15.3. The maximum absolute atomic E-state index is 12.2. The van der Waals surface area contributed by atoms with Crippen LogP contribution in [-0.2, 0) is 11.2 Å². The third-order valence-electron chi connectivity index (χ3n) is 4.09. The number of carboxylic acid groups (broad SMARTS) is 1. The predicted octanol–water partition coefficient (Wildman–Crippen LogP) is 3.41. The molecule has 0 aliphatic heterocycles. The number of rotatable bonds is 6. The van der Waals surface area contributed by atoms with Crippen LogP contribution in [0.4, 0.5) is 10.5 Å². The van der Waals surface area contributed by atoms with Gasteiger partial charge in [-0.25, -0.2) is 4.79 Å². The number of hydrogen-bond donors (Lipinski definition) is 3. The van der Waals surface area contributed by atoms with Crippen LogP contribution in [0.3, 0.4) is 0 Å². The quantitative estimate of drug-likeness (QED) is 0.705. The van der Waals surface area contributed by atoms with Gasteiger partial charge in [0.15, 0.2) is 0 Å². The van der Waals surface area contributed by atoms with Crippen molar-refractivity contribution in [1.82, 2.24) is 5.32 Å². The molecule has 5 nitrogen and oxygen atoms in total. The van der Waals surface area contributed by atoms with E-state index in [-0.39, 0.29) is 11.8 Å².